The summed E-state index contributed by atoms with van der Waals surface area (Å²) < 4.78 is 29.4. The molecule has 1 aromatic carbocycles. The minimum absolute atomic E-state index is 0.0926. The number of aliphatic hydroxyl groups excluding tert-OH is 1. The maximum absolute atomic E-state index is 12.4. The summed E-state index contributed by atoms with van der Waals surface area (Å²) >= 11 is 0. The molecule has 1 atom stereocenters. The van der Waals surface area contributed by atoms with E-state index in [0.29, 0.717) is 5.92 Å². The van der Waals surface area contributed by atoms with Crippen LogP contribution in [0.25, 0.3) is 0 Å². The van der Waals surface area contributed by atoms with Crippen molar-refractivity contribution in [1.29, 1.82) is 0 Å². The van der Waals surface area contributed by atoms with Gasteiger partial charge in [0, 0.05) is 5.69 Å². The average molecular weight is 286 g/mol. The van der Waals surface area contributed by atoms with Gasteiger partial charge in [0.25, 0.3) is 0 Å². The Labute approximate surface area is 116 Å². The van der Waals surface area contributed by atoms with Gasteiger partial charge in [-0.3, -0.25) is 5.73 Å². The van der Waals surface area contributed by atoms with Crippen molar-refractivity contribution in [2.45, 2.75) is 51.5 Å². The third-order valence-corrected chi connectivity index (χ3v) is 3.33. The zero-order valence-corrected chi connectivity index (χ0v) is 11.6. The molecule has 1 fully saturated rings. The maximum Gasteiger partial charge on any atom is 0.387 e. The smallest absolute Gasteiger partial charge is 0.387 e. The van der Waals surface area contributed by atoms with Crippen molar-refractivity contribution in [1.82, 2.24) is 0 Å². The molecule has 6 heteroatoms. The predicted molar refractivity (Wildman–Crippen MR) is 73.0 cm³/mol. The van der Waals surface area contributed by atoms with Crippen LogP contribution in [0.5, 0.6) is 5.75 Å². The van der Waals surface area contributed by atoms with Crippen LogP contribution in [-0.2, 0) is 0 Å². The van der Waals surface area contributed by atoms with Crippen LogP contribution in [0.1, 0.15) is 49.7 Å². The number of ether oxygens (including phenoxy) is 1. The van der Waals surface area contributed by atoms with Gasteiger partial charge in [-0.2, -0.15) is 8.78 Å². The third kappa shape index (κ3) is 3.58. The van der Waals surface area contributed by atoms with Crippen LogP contribution in [0.2, 0.25) is 0 Å². The number of aliphatic hydroxyl groups is 1. The van der Waals surface area contributed by atoms with E-state index in [-0.39, 0.29) is 11.7 Å². The topological polar surface area (TPSA) is 67.5 Å². The summed E-state index contributed by atoms with van der Waals surface area (Å²) in [4.78, 5) is 0. The molecule has 0 spiro atoms. The first kappa shape index (κ1) is 15.0. The Bertz CT molecular complexity index is 451. The van der Waals surface area contributed by atoms with Gasteiger partial charge in [0.2, 0.25) is 0 Å². The molecule has 4 nitrogen and oxygen atoms in total. The standard InChI is InChI=1S/C14H20F2N2O2/c1-7(2)10-5-9(20-13(15)16)6-11(8-3-4-8)12(10)18-14(17)19/h5-8,13-14,18-19H,3-4,17H2,1-2H3. The molecule has 0 bridgehead atoms. The Morgan fingerprint density at radius 2 is 2.00 bits per heavy atom. The summed E-state index contributed by atoms with van der Waals surface area (Å²) in [5.41, 5.74) is 7.83. The normalized spacial score (nSPS) is 16.6. The second-order valence-electron chi connectivity index (χ2n) is 5.37. The third-order valence-electron chi connectivity index (χ3n) is 3.33. The molecule has 1 aromatic rings. The molecule has 0 aromatic heterocycles. The molecule has 1 unspecified atom stereocenters. The van der Waals surface area contributed by atoms with E-state index in [4.69, 9.17) is 5.73 Å². The highest BCUT2D eigenvalue weighted by atomic mass is 19.3. The molecule has 2 rings (SSSR count). The molecular formula is C14H20F2N2O2. The summed E-state index contributed by atoms with van der Waals surface area (Å²) in [5, 5.41) is 12.2. The molecule has 0 heterocycles. The predicted octanol–water partition coefficient (Wildman–Crippen LogP) is 2.94. The molecule has 20 heavy (non-hydrogen) atoms. The first-order valence-corrected chi connectivity index (χ1v) is 6.71. The van der Waals surface area contributed by atoms with Crippen molar-refractivity contribution < 1.29 is 18.6 Å². The molecule has 1 saturated carbocycles. The number of alkyl halides is 2. The molecule has 0 aliphatic heterocycles. The van der Waals surface area contributed by atoms with Gasteiger partial charge in [0.15, 0.2) is 6.35 Å². The van der Waals surface area contributed by atoms with E-state index in [2.05, 4.69) is 10.1 Å². The lowest BCUT2D eigenvalue weighted by molar-refractivity contribution is -0.0499. The number of hydrogen-bond donors (Lipinski definition) is 3. The first-order valence-electron chi connectivity index (χ1n) is 6.71. The zero-order chi connectivity index (χ0) is 14.9. The summed E-state index contributed by atoms with van der Waals surface area (Å²) in [7, 11) is 0. The highest BCUT2D eigenvalue weighted by molar-refractivity contribution is 5.64. The van der Waals surface area contributed by atoms with Crippen LogP contribution < -0.4 is 15.8 Å². The SMILES string of the molecule is CC(C)c1cc(OC(F)F)cc(C2CC2)c1NC(N)O. The molecule has 1 aliphatic carbocycles. The lowest BCUT2D eigenvalue weighted by Crippen LogP contribution is -2.29. The molecule has 0 radical (unpaired) electrons. The van der Waals surface area contributed by atoms with Gasteiger partial charge in [-0.05, 0) is 47.9 Å². The zero-order valence-electron chi connectivity index (χ0n) is 11.6. The second kappa shape index (κ2) is 5.93. The fraction of sp³-hybridized carbons (Fsp3) is 0.571. The van der Waals surface area contributed by atoms with Crippen LogP contribution in [0.4, 0.5) is 14.5 Å². The molecular weight excluding hydrogens is 266 g/mol. The van der Waals surface area contributed by atoms with Crippen molar-refractivity contribution in [2.24, 2.45) is 5.73 Å². The highest BCUT2D eigenvalue weighted by Gasteiger charge is 2.29. The van der Waals surface area contributed by atoms with Crippen molar-refractivity contribution in [3.05, 3.63) is 23.3 Å². The average Bonchev–Trinajstić information content (AvgIpc) is 3.12. The van der Waals surface area contributed by atoms with Gasteiger partial charge in [-0.15, -0.1) is 0 Å². The number of benzene rings is 1. The largest absolute Gasteiger partial charge is 0.435 e. The Morgan fingerprint density at radius 1 is 1.35 bits per heavy atom. The molecule has 0 saturated heterocycles. The fourth-order valence-electron chi connectivity index (χ4n) is 2.32. The van der Waals surface area contributed by atoms with E-state index in [0.717, 1.165) is 29.7 Å². The first-order chi connectivity index (χ1) is 9.38. The van der Waals surface area contributed by atoms with Crippen LogP contribution in [0.15, 0.2) is 12.1 Å². The van der Waals surface area contributed by atoms with Crippen LogP contribution in [0, 0.1) is 0 Å². The summed E-state index contributed by atoms with van der Waals surface area (Å²) in [6.07, 6.45) is 0.822. The van der Waals surface area contributed by atoms with Gasteiger partial charge in [0.05, 0.1) is 0 Å². The lowest BCUT2D eigenvalue weighted by atomic mass is 9.95. The number of rotatable bonds is 6. The van der Waals surface area contributed by atoms with Crippen LogP contribution in [-0.4, -0.2) is 18.1 Å². The van der Waals surface area contributed by atoms with Crippen molar-refractivity contribution in [3.63, 3.8) is 0 Å². The summed E-state index contributed by atoms with van der Waals surface area (Å²) in [5.74, 6) is 0.563. The number of nitrogens with two attached hydrogens (primary N) is 1. The Hall–Kier alpha value is -1.40. The number of hydrogen-bond acceptors (Lipinski definition) is 4. The number of anilines is 1. The van der Waals surface area contributed by atoms with E-state index < -0.39 is 13.0 Å². The summed E-state index contributed by atoms with van der Waals surface area (Å²) in [6, 6.07) is 3.19. The van der Waals surface area contributed by atoms with Crippen LogP contribution >= 0.6 is 0 Å². The van der Waals surface area contributed by atoms with Crippen molar-refractivity contribution in [2.75, 3.05) is 5.32 Å². The minimum atomic E-state index is -2.85. The van der Waals surface area contributed by atoms with Crippen molar-refractivity contribution in [3.8, 4) is 5.75 Å². The van der Waals surface area contributed by atoms with E-state index in [1.54, 1.807) is 12.1 Å². The molecule has 1 aliphatic rings. The van der Waals surface area contributed by atoms with E-state index >= 15 is 0 Å². The van der Waals surface area contributed by atoms with E-state index in [1.807, 2.05) is 13.8 Å². The summed E-state index contributed by atoms with van der Waals surface area (Å²) in [6.45, 7) is 1.05. The van der Waals surface area contributed by atoms with Crippen molar-refractivity contribution >= 4 is 5.69 Å². The fourth-order valence-corrected chi connectivity index (χ4v) is 2.32. The van der Waals surface area contributed by atoms with E-state index in [1.165, 1.54) is 0 Å². The quantitative estimate of drug-likeness (QED) is 0.703. The number of halogens is 2. The maximum atomic E-state index is 12.4. The molecule has 4 N–H and O–H groups in total. The monoisotopic (exact) mass is 286 g/mol. The molecule has 0 amide bonds. The Balaban J connectivity index is 2.46. The van der Waals surface area contributed by atoms with E-state index in [9.17, 15) is 13.9 Å². The van der Waals surface area contributed by atoms with Crippen LogP contribution in [0.3, 0.4) is 0 Å². The van der Waals surface area contributed by atoms with Gasteiger partial charge >= 0.3 is 6.61 Å². The van der Waals surface area contributed by atoms with Gasteiger partial charge < -0.3 is 15.2 Å². The highest BCUT2D eigenvalue weighted by Crippen LogP contribution is 2.47. The molecule has 112 valence electrons. The number of nitrogens with one attached hydrogen (secondary N) is 1. The minimum Gasteiger partial charge on any atom is -0.435 e. The van der Waals surface area contributed by atoms with Gasteiger partial charge in [-0.1, -0.05) is 13.8 Å². The Morgan fingerprint density at radius 3 is 2.45 bits per heavy atom. The Kier molecular flexibility index (Phi) is 4.45. The lowest BCUT2D eigenvalue weighted by Gasteiger charge is -2.22. The van der Waals surface area contributed by atoms with Gasteiger partial charge in [0.1, 0.15) is 5.75 Å². The van der Waals surface area contributed by atoms with Gasteiger partial charge in [-0.25, -0.2) is 0 Å². The second-order valence-corrected chi connectivity index (χ2v) is 5.37.